The number of rotatable bonds is 5. The van der Waals surface area contributed by atoms with Gasteiger partial charge in [0.1, 0.15) is 5.57 Å². The minimum Gasteiger partial charge on any atom is -0.449 e. The Hall–Kier alpha value is -2.94. The molecule has 0 fully saturated rings. The first-order valence-corrected chi connectivity index (χ1v) is 10.4. The molecule has 1 atom stereocenters. The van der Waals surface area contributed by atoms with Crippen molar-refractivity contribution < 1.29 is 22.7 Å². The lowest BCUT2D eigenvalue weighted by molar-refractivity contribution is -0.155. The average Bonchev–Trinajstić information content (AvgIpc) is 2.66. The van der Waals surface area contributed by atoms with Crippen molar-refractivity contribution in [2.75, 3.05) is 19.3 Å². The van der Waals surface area contributed by atoms with Gasteiger partial charge in [-0.15, -0.1) is 4.40 Å². The summed E-state index contributed by atoms with van der Waals surface area (Å²) in [6, 6.07) is 9.45. The number of allylic oxidation sites excluding steroid dienone is 2. The van der Waals surface area contributed by atoms with E-state index in [1.807, 2.05) is 30.3 Å². The molecule has 0 saturated carbocycles. The van der Waals surface area contributed by atoms with Crippen LogP contribution in [0, 0.1) is 0 Å². The summed E-state index contributed by atoms with van der Waals surface area (Å²) in [6.07, 6.45) is 3.67. The highest BCUT2D eigenvalue weighted by atomic mass is 32.2. The normalized spacial score (nSPS) is 18.4. The molecule has 2 aliphatic heterocycles. The Labute approximate surface area is 163 Å². The lowest BCUT2D eigenvalue weighted by atomic mass is 10.1. The van der Waals surface area contributed by atoms with E-state index in [1.165, 1.54) is 17.9 Å². The van der Waals surface area contributed by atoms with Gasteiger partial charge in [-0.05, 0) is 24.6 Å². The Morgan fingerprint density at radius 2 is 2.00 bits per heavy atom. The van der Waals surface area contributed by atoms with Crippen LogP contribution in [-0.2, 0) is 30.9 Å². The third-order valence-electron chi connectivity index (χ3n) is 4.35. The predicted octanol–water partition coefficient (Wildman–Crippen LogP) is 1.07. The van der Waals surface area contributed by atoms with Crippen molar-refractivity contribution in [2.24, 2.45) is 4.40 Å². The number of fused-ring (bicyclic) bond motifs is 1. The molecule has 3 rings (SSSR count). The molecule has 9 heteroatoms. The molecule has 28 heavy (non-hydrogen) atoms. The summed E-state index contributed by atoms with van der Waals surface area (Å²) in [7, 11) is -2.00. The maximum atomic E-state index is 12.6. The van der Waals surface area contributed by atoms with Gasteiger partial charge in [-0.3, -0.25) is 4.79 Å². The molecule has 2 aliphatic rings. The Morgan fingerprint density at radius 3 is 2.71 bits per heavy atom. The van der Waals surface area contributed by atoms with Crippen LogP contribution in [-0.4, -0.2) is 61.4 Å². The van der Waals surface area contributed by atoms with Crippen molar-refractivity contribution in [1.29, 1.82) is 0 Å². The molecular formula is C19H21N3O5S. The molecule has 0 bridgehead atoms. The predicted molar refractivity (Wildman–Crippen MR) is 104 cm³/mol. The van der Waals surface area contributed by atoms with Gasteiger partial charge in [-0.1, -0.05) is 30.3 Å². The molecule has 0 spiro atoms. The van der Waals surface area contributed by atoms with Crippen molar-refractivity contribution in [3.05, 3.63) is 59.8 Å². The Bertz CT molecular complexity index is 967. The third-order valence-corrected chi connectivity index (χ3v) is 5.50. The van der Waals surface area contributed by atoms with Gasteiger partial charge in [0.2, 0.25) is 0 Å². The summed E-state index contributed by atoms with van der Waals surface area (Å²) in [5, 5.41) is 0. The lowest BCUT2D eigenvalue weighted by Crippen LogP contribution is -2.42. The van der Waals surface area contributed by atoms with Gasteiger partial charge in [0.05, 0.1) is 5.75 Å². The smallest absolute Gasteiger partial charge is 0.342 e. The number of ether oxygens (including phenoxy) is 1. The van der Waals surface area contributed by atoms with E-state index >= 15 is 0 Å². The molecule has 8 nitrogen and oxygen atoms in total. The van der Waals surface area contributed by atoms with Crippen LogP contribution in [0.2, 0.25) is 0 Å². The Morgan fingerprint density at radius 1 is 1.29 bits per heavy atom. The van der Waals surface area contributed by atoms with Crippen molar-refractivity contribution in [2.45, 2.75) is 19.6 Å². The van der Waals surface area contributed by atoms with Crippen LogP contribution in [0.1, 0.15) is 12.5 Å². The molecule has 0 N–H and O–H groups in total. The van der Waals surface area contributed by atoms with Gasteiger partial charge < -0.3 is 14.5 Å². The highest BCUT2D eigenvalue weighted by Crippen LogP contribution is 2.19. The van der Waals surface area contributed by atoms with E-state index in [-0.39, 0.29) is 29.6 Å². The lowest BCUT2D eigenvalue weighted by Gasteiger charge is -2.29. The fraction of sp³-hybridized carbons (Fsp3) is 0.316. The van der Waals surface area contributed by atoms with Gasteiger partial charge >= 0.3 is 5.97 Å². The molecule has 1 amide bonds. The molecule has 0 radical (unpaired) electrons. The number of sulfonamides is 1. The van der Waals surface area contributed by atoms with Gasteiger partial charge in [-0.2, -0.15) is 0 Å². The second-order valence-electron chi connectivity index (χ2n) is 6.54. The Kier molecular flexibility index (Phi) is 5.64. The second-order valence-corrected chi connectivity index (χ2v) is 8.30. The van der Waals surface area contributed by atoms with Gasteiger partial charge in [0.15, 0.2) is 11.9 Å². The zero-order chi connectivity index (χ0) is 20.3. The molecule has 148 valence electrons. The van der Waals surface area contributed by atoms with Crippen LogP contribution in [0.15, 0.2) is 58.7 Å². The third kappa shape index (κ3) is 4.48. The van der Waals surface area contributed by atoms with E-state index in [0.717, 1.165) is 5.56 Å². The summed E-state index contributed by atoms with van der Waals surface area (Å²) >= 11 is 0. The number of hydrogen-bond acceptors (Lipinski definition) is 6. The number of esters is 1. The molecular weight excluding hydrogens is 382 g/mol. The standard InChI is InChI=1S/C19H21N3O5S/c1-14(18(23)21(2)13-15-7-4-3-5-8-15)27-19(24)16-9-6-10-22-11-12-28(25,26)20-17(16)22/h3-10,14H,11-13H2,1-2H3. The monoisotopic (exact) mass is 403 g/mol. The first-order chi connectivity index (χ1) is 13.3. The second kappa shape index (κ2) is 7.97. The van der Waals surface area contributed by atoms with Crippen molar-refractivity contribution >= 4 is 27.7 Å². The van der Waals surface area contributed by atoms with Gasteiger partial charge in [0, 0.05) is 26.3 Å². The van der Waals surface area contributed by atoms with Gasteiger partial charge in [-0.25, -0.2) is 13.2 Å². The van der Waals surface area contributed by atoms with Crippen LogP contribution in [0.4, 0.5) is 0 Å². The van der Waals surface area contributed by atoms with Crippen molar-refractivity contribution in [3.63, 3.8) is 0 Å². The van der Waals surface area contributed by atoms with Crippen LogP contribution in [0.3, 0.4) is 0 Å². The number of nitrogens with zero attached hydrogens (tertiary/aromatic N) is 3. The summed E-state index contributed by atoms with van der Waals surface area (Å²) < 4.78 is 32.6. The maximum Gasteiger partial charge on any atom is 0.342 e. The molecule has 1 aromatic carbocycles. The number of carbonyl (C=O) groups is 2. The number of likely N-dealkylation sites (N-methyl/N-ethyl adjacent to an activating group) is 1. The van der Waals surface area contributed by atoms with Crippen LogP contribution >= 0.6 is 0 Å². The van der Waals surface area contributed by atoms with Crippen LogP contribution < -0.4 is 0 Å². The highest BCUT2D eigenvalue weighted by Gasteiger charge is 2.32. The van der Waals surface area contributed by atoms with Crippen LogP contribution in [0.25, 0.3) is 0 Å². The average molecular weight is 403 g/mol. The van der Waals surface area contributed by atoms with E-state index in [4.69, 9.17) is 4.74 Å². The SMILES string of the molecule is CC(OC(=O)C1=CC=CN2CCS(=O)(=O)N=C12)C(=O)N(C)Cc1ccccc1. The molecule has 2 heterocycles. The molecule has 1 aromatic rings. The quantitative estimate of drug-likeness (QED) is 0.683. The minimum absolute atomic E-state index is 0.0103. The van der Waals surface area contributed by atoms with E-state index in [2.05, 4.69) is 4.40 Å². The van der Waals surface area contributed by atoms with E-state index < -0.39 is 22.1 Å². The van der Waals surface area contributed by atoms with E-state index in [9.17, 15) is 18.0 Å². The number of amides is 1. The summed E-state index contributed by atoms with van der Waals surface area (Å²) in [6.45, 7) is 2.07. The first-order valence-electron chi connectivity index (χ1n) is 8.75. The molecule has 1 unspecified atom stereocenters. The summed E-state index contributed by atoms with van der Waals surface area (Å²) in [5.41, 5.74) is 0.963. The number of hydrogen-bond donors (Lipinski definition) is 0. The number of amidine groups is 1. The molecule has 0 saturated heterocycles. The Balaban J connectivity index is 1.68. The summed E-state index contributed by atoms with van der Waals surface area (Å²) in [4.78, 5) is 28.1. The van der Waals surface area contributed by atoms with E-state index in [1.54, 1.807) is 24.2 Å². The molecule has 0 aliphatic carbocycles. The number of benzene rings is 1. The van der Waals surface area contributed by atoms with E-state index in [0.29, 0.717) is 6.54 Å². The largest absolute Gasteiger partial charge is 0.449 e. The summed E-state index contributed by atoms with van der Waals surface area (Å²) in [5.74, 6) is -1.25. The zero-order valence-corrected chi connectivity index (χ0v) is 16.4. The maximum absolute atomic E-state index is 12.6. The van der Waals surface area contributed by atoms with Crippen molar-refractivity contribution in [1.82, 2.24) is 9.80 Å². The molecule has 0 aromatic heterocycles. The minimum atomic E-state index is -3.62. The van der Waals surface area contributed by atoms with Gasteiger partial charge in [0.25, 0.3) is 15.9 Å². The highest BCUT2D eigenvalue weighted by molar-refractivity contribution is 7.90. The first kappa shape index (κ1) is 19.8. The topological polar surface area (TPSA) is 96.3 Å². The van der Waals surface area contributed by atoms with Crippen molar-refractivity contribution in [3.8, 4) is 0 Å². The fourth-order valence-electron chi connectivity index (χ4n) is 2.90. The van der Waals surface area contributed by atoms with Crippen LogP contribution in [0.5, 0.6) is 0 Å². The zero-order valence-electron chi connectivity index (χ0n) is 15.6. The fourth-order valence-corrected chi connectivity index (χ4v) is 3.88. The number of carbonyl (C=O) groups excluding carboxylic acids is 2.